The summed E-state index contributed by atoms with van der Waals surface area (Å²) < 4.78 is 73.4. The predicted octanol–water partition coefficient (Wildman–Crippen LogP) is 4.14. The highest BCUT2D eigenvalue weighted by molar-refractivity contribution is 5.62. The summed E-state index contributed by atoms with van der Waals surface area (Å²) >= 11 is 0. The fourth-order valence-corrected chi connectivity index (χ4v) is 9.77. The van der Waals surface area contributed by atoms with E-state index in [1.54, 1.807) is 0 Å². The molecule has 4 bridgehead atoms. The van der Waals surface area contributed by atoms with Crippen LogP contribution in [0.2, 0.25) is 0 Å². The maximum atomic E-state index is 6.80. The molecule has 10 aliphatic rings. The molecule has 0 spiro atoms. The highest BCUT2D eigenvalue weighted by atomic mass is 16.6. The number of ether oxygens (including phenoxy) is 12. The molecule has 52 heavy (non-hydrogen) atoms. The Kier molecular flexibility index (Phi) is 7.99. The molecular formula is C40H48O12. The largest absolute Gasteiger partial charge is 0.490 e. The van der Waals surface area contributed by atoms with Crippen molar-refractivity contribution in [2.45, 2.75) is 86.0 Å². The summed E-state index contributed by atoms with van der Waals surface area (Å²) in [5, 5.41) is 0. The minimum atomic E-state index is -0.231. The zero-order chi connectivity index (χ0) is 34.3. The summed E-state index contributed by atoms with van der Waals surface area (Å²) in [6.45, 7) is 7.27. The summed E-state index contributed by atoms with van der Waals surface area (Å²) in [6, 6.07) is 8.21. The fourth-order valence-electron chi connectivity index (χ4n) is 9.77. The van der Waals surface area contributed by atoms with Crippen LogP contribution in [0.4, 0.5) is 0 Å². The van der Waals surface area contributed by atoms with Gasteiger partial charge in [-0.1, -0.05) is 0 Å². The van der Waals surface area contributed by atoms with Crippen molar-refractivity contribution in [3.63, 3.8) is 0 Å². The standard InChI is InChI=1S/C40H48O12/c1-3-33(49-18-27-12-43-27)37(51-20-29-14-45-29)35(31(1)47-16-25-10-41-25)39-6-23-5-24(7-39)9-40(8-23,22-39)36-32(48-17-26-11-42-26)2-4-34(50-19-28-13-44-28)38(36)52-21-30-15-46-30/h1-4,23-30H,5-22H2. The van der Waals surface area contributed by atoms with E-state index in [4.69, 9.17) is 56.8 Å². The van der Waals surface area contributed by atoms with E-state index in [-0.39, 0.29) is 47.5 Å². The number of hydrogen-bond donors (Lipinski definition) is 0. The van der Waals surface area contributed by atoms with Crippen LogP contribution in [-0.4, -0.2) is 116 Å². The second-order valence-corrected chi connectivity index (χ2v) is 16.7. The minimum absolute atomic E-state index is 0.0914. The SMILES string of the molecule is c1cc(OCC2CO2)c(C23CC4CC(C2)CC(c2c(OCC5CO5)ccc(OCC5CO5)c2OCC2CO2)(C4)C3)c(OCC2CO2)c1OCC1CO1. The van der Waals surface area contributed by atoms with Crippen LogP contribution in [0.1, 0.15) is 49.7 Å². The molecule has 280 valence electrons. The van der Waals surface area contributed by atoms with Crippen molar-refractivity contribution in [3.05, 3.63) is 35.4 Å². The van der Waals surface area contributed by atoms with Crippen molar-refractivity contribution in [2.75, 3.05) is 79.3 Å². The molecule has 0 N–H and O–H groups in total. The summed E-state index contributed by atoms with van der Waals surface area (Å²) in [5.41, 5.74) is 1.79. The molecule has 6 aliphatic heterocycles. The smallest absolute Gasteiger partial charge is 0.168 e. The van der Waals surface area contributed by atoms with E-state index in [1.807, 2.05) is 12.1 Å². The Labute approximate surface area is 303 Å². The zero-order valence-electron chi connectivity index (χ0n) is 29.6. The molecule has 0 amide bonds. The van der Waals surface area contributed by atoms with Gasteiger partial charge in [-0.2, -0.15) is 0 Å². The Morgan fingerprint density at radius 3 is 1.04 bits per heavy atom. The van der Waals surface area contributed by atoms with Gasteiger partial charge in [0.15, 0.2) is 23.0 Å². The Bertz CT molecular complexity index is 1520. The summed E-state index contributed by atoms with van der Waals surface area (Å²) in [7, 11) is 0. The van der Waals surface area contributed by atoms with E-state index in [9.17, 15) is 0 Å². The molecular weight excluding hydrogens is 672 g/mol. The molecule has 0 radical (unpaired) electrons. The van der Waals surface area contributed by atoms with Gasteiger partial charge in [0.05, 0.1) is 39.6 Å². The van der Waals surface area contributed by atoms with Crippen molar-refractivity contribution < 1.29 is 56.8 Å². The zero-order valence-corrected chi connectivity index (χ0v) is 29.6. The van der Waals surface area contributed by atoms with E-state index in [2.05, 4.69) is 12.1 Å². The molecule has 6 saturated heterocycles. The van der Waals surface area contributed by atoms with Gasteiger partial charge in [-0.3, -0.25) is 0 Å². The van der Waals surface area contributed by atoms with Gasteiger partial charge in [-0.25, -0.2) is 0 Å². The first kappa shape index (κ1) is 32.4. The maximum absolute atomic E-state index is 6.80. The molecule has 6 unspecified atom stereocenters. The third-order valence-corrected chi connectivity index (χ3v) is 12.2. The van der Waals surface area contributed by atoms with Crippen LogP contribution in [0.15, 0.2) is 24.3 Å². The number of rotatable bonds is 20. The van der Waals surface area contributed by atoms with Crippen molar-refractivity contribution in [1.29, 1.82) is 0 Å². The lowest BCUT2D eigenvalue weighted by atomic mass is 9.41. The highest BCUT2D eigenvalue weighted by Gasteiger charge is 2.62. The lowest BCUT2D eigenvalue weighted by molar-refractivity contribution is -0.0326. The van der Waals surface area contributed by atoms with Crippen molar-refractivity contribution >= 4 is 0 Å². The normalized spacial score (nSPS) is 38.0. The third-order valence-electron chi connectivity index (χ3n) is 12.2. The molecule has 4 aliphatic carbocycles. The Hall–Kier alpha value is -3.00. The number of benzene rings is 2. The second kappa shape index (κ2) is 12.8. The molecule has 2 aromatic rings. The van der Waals surface area contributed by atoms with Crippen LogP contribution in [-0.2, 0) is 39.3 Å². The minimum Gasteiger partial charge on any atom is -0.490 e. The summed E-state index contributed by atoms with van der Waals surface area (Å²) in [6.07, 6.45) is 7.00. The third kappa shape index (κ3) is 6.79. The lowest BCUT2D eigenvalue weighted by Crippen LogP contribution is -2.56. The first-order valence-corrected chi connectivity index (χ1v) is 19.4. The fraction of sp³-hybridized carbons (Fsp3) is 0.700. The summed E-state index contributed by atoms with van der Waals surface area (Å²) in [5.74, 6) is 5.79. The highest BCUT2D eigenvalue weighted by Crippen LogP contribution is 2.70. The van der Waals surface area contributed by atoms with E-state index >= 15 is 0 Å². The van der Waals surface area contributed by atoms with Gasteiger partial charge in [-0.05, 0) is 74.6 Å². The quantitative estimate of drug-likeness (QED) is 0.182. The van der Waals surface area contributed by atoms with Crippen LogP contribution in [0.5, 0.6) is 34.5 Å². The Morgan fingerprint density at radius 1 is 0.423 bits per heavy atom. The van der Waals surface area contributed by atoms with Crippen LogP contribution in [0, 0.1) is 11.8 Å². The average Bonchev–Trinajstić information content (AvgIpc) is 3.94. The summed E-state index contributed by atoms with van der Waals surface area (Å²) in [4.78, 5) is 0. The molecule has 6 atom stereocenters. The van der Waals surface area contributed by atoms with Crippen LogP contribution in [0.25, 0.3) is 0 Å². The van der Waals surface area contributed by atoms with Crippen molar-refractivity contribution in [1.82, 2.24) is 0 Å². The number of epoxide rings is 6. The predicted molar refractivity (Wildman–Crippen MR) is 182 cm³/mol. The first-order chi connectivity index (χ1) is 25.6. The van der Waals surface area contributed by atoms with Gasteiger partial charge in [-0.15, -0.1) is 0 Å². The van der Waals surface area contributed by atoms with Gasteiger partial charge in [0, 0.05) is 22.0 Å². The van der Waals surface area contributed by atoms with Crippen molar-refractivity contribution in [2.24, 2.45) is 11.8 Å². The molecule has 6 heterocycles. The van der Waals surface area contributed by atoms with Crippen LogP contribution < -0.4 is 28.4 Å². The van der Waals surface area contributed by atoms with Crippen LogP contribution >= 0.6 is 0 Å². The van der Waals surface area contributed by atoms with E-state index in [0.717, 1.165) is 104 Å². The Morgan fingerprint density at radius 2 is 0.712 bits per heavy atom. The molecule has 12 heteroatoms. The molecule has 12 rings (SSSR count). The average molecular weight is 721 g/mol. The number of hydrogen-bond acceptors (Lipinski definition) is 12. The Balaban J connectivity index is 1.03. The monoisotopic (exact) mass is 720 g/mol. The first-order valence-electron chi connectivity index (χ1n) is 19.4. The molecule has 12 nitrogen and oxygen atoms in total. The van der Waals surface area contributed by atoms with Gasteiger partial charge < -0.3 is 56.8 Å². The van der Waals surface area contributed by atoms with E-state index in [0.29, 0.717) is 64.7 Å². The van der Waals surface area contributed by atoms with Crippen molar-refractivity contribution in [3.8, 4) is 34.5 Å². The van der Waals surface area contributed by atoms with Gasteiger partial charge in [0.25, 0.3) is 0 Å². The van der Waals surface area contributed by atoms with Crippen LogP contribution in [0.3, 0.4) is 0 Å². The van der Waals surface area contributed by atoms with Gasteiger partial charge in [0.2, 0.25) is 0 Å². The molecule has 10 fully saturated rings. The molecule has 2 aromatic carbocycles. The van der Waals surface area contributed by atoms with Gasteiger partial charge in [0.1, 0.15) is 87.8 Å². The van der Waals surface area contributed by atoms with Gasteiger partial charge >= 0.3 is 0 Å². The maximum Gasteiger partial charge on any atom is 0.168 e. The topological polar surface area (TPSA) is 131 Å². The van der Waals surface area contributed by atoms with E-state index < -0.39 is 0 Å². The van der Waals surface area contributed by atoms with E-state index in [1.165, 1.54) is 6.42 Å². The molecule has 4 saturated carbocycles. The second-order valence-electron chi connectivity index (χ2n) is 16.7. The molecule has 0 aromatic heterocycles. The lowest BCUT2D eigenvalue weighted by Gasteiger charge is -2.63.